The summed E-state index contributed by atoms with van der Waals surface area (Å²) in [6, 6.07) is 4.36. The van der Waals surface area contributed by atoms with E-state index in [0.29, 0.717) is 0 Å². The van der Waals surface area contributed by atoms with Gasteiger partial charge in [0.25, 0.3) is 0 Å². The van der Waals surface area contributed by atoms with Crippen LogP contribution in [0.4, 0.5) is 0 Å². The summed E-state index contributed by atoms with van der Waals surface area (Å²) >= 11 is 0. The second kappa shape index (κ2) is 4.45. The smallest absolute Gasteiger partial charge is 0.0873 e. The minimum atomic E-state index is -0.659. The van der Waals surface area contributed by atoms with Gasteiger partial charge in [0.2, 0.25) is 0 Å². The molecule has 0 amide bonds. The van der Waals surface area contributed by atoms with Gasteiger partial charge in [-0.15, -0.1) is 0 Å². The molecule has 0 aliphatic heterocycles. The minimum Gasteiger partial charge on any atom is -0.385 e. The van der Waals surface area contributed by atoms with Gasteiger partial charge >= 0.3 is 0 Å². The van der Waals surface area contributed by atoms with Gasteiger partial charge in [0, 0.05) is 0 Å². The van der Waals surface area contributed by atoms with Crippen molar-refractivity contribution >= 4 is 0 Å². The summed E-state index contributed by atoms with van der Waals surface area (Å²) in [5.74, 6) is 0.728. The highest BCUT2D eigenvalue weighted by atomic mass is 16.3. The van der Waals surface area contributed by atoms with Gasteiger partial charge in [-0.25, -0.2) is 0 Å². The van der Waals surface area contributed by atoms with E-state index in [1.165, 1.54) is 36.0 Å². The number of hydrogen-bond donors (Lipinski definition) is 1. The zero-order valence-electron chi connectivity index (χ0n) is 11.5. The normalized spacial score (nSPS) is 19.8. The average Bonchev–Trinajstić information content (AvgIpc) is 2.17. The molecule has 94 valence electrons. The standard InChI is InChI=1S/C16H24O/c1-11-8-13(3)15(9-12(11)2)16(4,17)10-14-6-5-7-14/h8-9,14,17H,5-7,10H2,1-4H3. The second-order valence-electron chi connectivity index (χ2n) is 6.03. The Bertz CT molecular complexity index is 414. The third-order valence-corrected chi connectivity index (χ3v) is 4.33. The summed E-state index contributed by atoms with van der Waals surface area (Å²) in [6.45, 7) is 8.34. The molecule has 0 heterocycles. The van der Waals surface area contributed by atoms with E-state index in [2.05, 4.69) is 32.9 Å². The van der Waals surface area contributed by atoms with E-state index in [-0.39, 0.29) is 0 Å². The Labute approximate surface area is 105 Å². The van der Waals surface area contributed by atoms with Crippen LogP contribution in [0.3, 0.4) is 0 Å². The summed E-state index contributed by atoms with van der Waals surface area (Å²) in [4.78, 5) is 0. The summed E-state index contributed by atoms with van der Waals surface area (Å²) in [5, 5.41) is 10.7. The minimum absolute atomic E-state index is 0.659. The molecule has 0 saturated heterocycles. The molecule has 1 saturated carbocycles. The highest BCUT2D eigenvalue weighted by molar-refractivity contribution is 5.39. The first-order chi connectivity index (χ1) is 7.90. The van der Waals surface area contributed by atoms with E-state index in [1.807, 2.05) is 6.92 Å². The molecule has 1 aliphatic carbocycles. The third kappa shape index (κ3) is 2.55. The van der Waals surface area contributed by atoms with E-state index in [0.717, 1.165) is 17.9 Å². The molecule has 1 atom stereocenters. The van der Waals surface area contributed by atoms with E-state index in [4.69, 9.17) is 0 Å². The van der Waals surface area contributed by atoms with Crippen LogP contribution in [0, 0.1) is 26.7 Å². The van der Waals surface area contributed by atoms with Gasteiger partial charge in [-0.3, -0.25) is 0 Å². The Morgan fingerprint density at radius 2 is 1.71 bits per heavy atom. The van der Waals surface area contributed by atoms with Crippen molar-refractivity contribution < 1.29 is 5.11 Å². The number of benzene rings is 1. The molecule has 0 aromatic heterocycles. The van der Waals surface area contributed by atoms with Crippen LogP contribution in [0.5, 0.6) is 0 Å². The van der Waals surface area contributed by atoms with Crippen LogP contribution in [-0.4, -0.2) is 5.11 Å². The van der Waals surface area contributed by atoms with E-state index < -0.39 is 5.60 Å². The van der Waals surface area contributed by atoms with Crippen molar-refractivity contribution in [2.24, 2.45) is 5.92 Å². The summed E-state index contributed by atoms with van der Waals surface area (Å²) < 4.78 is 0. The third-order valence-electron chi connectivity index (χ3n) is 4.33. The highest BCUT2D eigenvalue weighted by Crippen LogP contribution is 2.39. The maximum absolute atomic E-state index is 10.7. The molecule has 1 aromatic rings. The molecular weight excluding hydrogens is 208 g/mol. The lowest BCUT2D eigenvalue weighted by Gasteiger charge is -2.34. The van der Waals surface area contributed by atoms with Crippen molar-refractivity contribution in [1.82, 2.24) is 0 Å². The molecule has 17 heavy (non-hydrogen) atoms. The molecule has 1 aliphatic rings. The lowest BCUT2D eigenvalue weighted by molar-refractivity contribution is 0.0156. The maximum atomic E-state index is 10.7. The largest absolute Gasteiger partial charge is 0.385 e. The predicted molar refractivity (Wildman–Crippen MR) is 72.2 cm³/mol. The SMILES string of the molecule is Cc1cc(C)c(C(C)(O)CC2CCC2)cc1C. The zero-order valence-corrected chi connectivity index (χ0v) is 11.5. The summed E-state index contributed by atoms with van der Waals surface area (Å²) in [6.07, 6.45) is 4.84. The first-order valence-corrected chi connectivity index (χ1v) is 6.71. The quantitative estimate of drug-likeness (QED) is 0.835. The summed E-state index contributed by atoms with van der Waals surface area (Å²) in [7, 11) is 0. The molecule has 1 nitrogen and oxygen atoms in total. The lowest BCUT2D eigenvalue weighted by Crippen LogP contribution is -2.29. The van der Waals surface area contributed by atoms with Gasteiger partial charge < -0.3 is 5.11 Å². The predicted octanol–water partition coefficient (Wildman–Crippen LogP) is 4.01. The van der Waals surface area contributed by atoms with Gasteiger partial charge in [-0.1, -0.05) is 31.4 Å². The fourth-order valence-electron chi connectivity index (χ4n) is 2.91. The topological polar surface area (TPSA) is 20.2 Å². The van der Waals surface area contributed by atoms with E-state index in [1.54, 1.807) is 0 Å². The first-order valence-electron chi connectivity index (χ1n) is 6.71. The van der Waals surface area contributed by atoms with Crippen LogP contribution in [0.25, 0.3) is 0 Å². The molecule has 1 heteroatoms. The van der Waals surface area contributed by atoms with Crippen molar-refractivity contribution in [2.45, 2.75) is 59.0 Å². The molecule has 0 spiro atoms. The molecule has 1 N–H and O–H groups in total. The van der Waals surface area contributed by atoms with E-state index >= 15 is 0 Å². The number of rotatable bonds is 3. The first kappa shape index (κ1) is 12.6. The van der Waals surface area contributed by atoms with Crippen LogP contribution in [0.15, 0.2) is 12.1 Å². The van der Waals surface area contributed by atoms with Crippen molar-refractivity contribution in [2.75, 3.05) is 0 Å². The monoisotopic (exact) mass is 232 g/mol. The van der Waals surface area contributed by atoms with E-state index in [9.17, 15) is 5.11 Å². The molecule has 2 rings (SSSR count). The Morgan fingerprint density at radius 1 is 1.12 bits per heavy atom. The average molecular weight is 232 g/mol. The van der Waals surface area contributed by atoms with Gasteiger partial charge in [0.05, 0.1) is 5.60 Å². The summed E-state index contributed by atoms with van der Waals surface area (Å²) in [5.41, 5.74) is 4.27. The lowest BCUT2D eigenvalue weighted by atomic mass is 9.74. The number of aryl methyl sites for hydroxylation is 3. The zero-order chi connectivity index (χ0) is 12.6. The van der Waals surface area contributed by atoms with Crippen LogP contribution < -0.4 is 0 Å². The highest BCUT2D eigenvalue weighted by Gasteiger charge is 2.31. The Balaban J connectivity index is 2.27. The van der Waals surface area contributed by atoms with Gasteiger partial charge in [-0.05, 0) is 62.3 Å². The van der Waals surface area contributed by atoms with Gasteiger partial charge in [0.15, 0.2) is 0 Å². The second-order valence-corrected chi connectivity index (χ2v) is 6.03. The van der Waals surface area contributed by atoms with Crippen molar-refractivity contribution in [1.29, 1.82) is 0 Å². The molecule has 1 fully saturated rings. The number of hydrogen-bond acceptors (Lipinski definition) is 1. The van der Waals surface area contributed by atoms with Crippen LogP contribution in [-0.2, 0) is 5.60 Å². The van der Waals surface area contributed by atoms with Gasteiger partial charge in [-0.2, -0.15) is 0 Å². The van der Waals surface area contributed by atoms with Crippen LogP contribution >= 0.6 is 0 Å². The number of aliphatic hydroxyl groups is 1. The molecular formula is C16H24O. The molecule has 0 radical (unpaired) electrons. The maximum Gasteiger partial charge on any atom is 0.0873 e. The van der Waals surface area contributed by atoms with Crippen LogP contribution in [0.2, 0.25) is 0 Å². The molecule has 1 unspecified atom stereocenters. The molecule has 1 aromatic carbocycles. The fourth-order valence-corrected chi connectivity index (χ4v) is 2.91. The Morgan fingerprint density at radius 3 is 2.24 bits per heavy atom. The molecule has 0 bridgehead atoms. The van der Waals surface area contributed by atoms with Crippen molar-refractivity contribution in [3.8, 4) is 0 Å². The van der Waals surface area contributed by atoms with Crippen LogP contribution in [0.1, 0.15) is 54.9 Å². The Kier molecular flexibility index (Phi) is 3.31. The fraction of sp³-hybridized carbons (Fsp3) is 0.625. The Hall–Kier alpha value is -0.820. The van der Waals surface area contributed by atoms with Crippen molar-refractivity contribution in [3.63, 3.8) is 0 Å². The van der Waals surface area contributed by atoms with Gasteiger partial charge in [0.1, 0.15) is 0 Å². The van der Waals surface area contributed by atoms with Crippen molar-refractivity contribution in [3.05, 3.63) is 34.4 Å².